The van der Waals surface area contributed by atoms with Gasteiger partial charge in [-0.05, 0) is 12.8 Å². The summed E-state index contributed by atoms with van der Waals surface area (Å²) in [4.78, 5) is 9.72. The van der Waals surface area contributed by atoms with Crippen molar-refractivity contribution in [1.29, 1.82) is 0 Å². The highest BCUT2D eigenvalue weighted by atomic mass is 16.4. The van der Waals surface area contributed by atoms with Crippen LogP contribution in [0.1, 0.15) is 6.42 Å². The summed E-state index contributed by atoms with van der Waals surface area (Å²) in [5.74, 6) is 0. The minimum Gasteiger partial charge on any atom is -0.465 e. The van der Waals surface area contributed by atoms with Gasteiger partial charge in [-0.25, -0.2) is 4.79 Å². The molecule has 1 aliphatic carbocycles. The molecule has 1 aliphatic rings. The SMILES string of the molecule is O=C(O)NC1[CH]C1. The first-order valence-electron chi connectivity index (χ1n) is 2.12. The highest BCUT2D eigenvalue weighted by molar-refractivity contribution is 5.65. The topological polar surface area (TPSA) is 49.3 Å². The Labute approximate surface area is 41.3 Å². The van der Waals surface area contributed by atoms with Crippen molar-refractivity contribution in [2.75, 3.05) is 0 Å². The van der Waals surface area contributed by atoms with Crippen LogP contribution in [0.5, 0.6) is 0 Å². The second kappa shape index (κ2) is 1.40. The minimum absolute atomic E-state index is 0.150. The van der Waals surface area contributed by atoms with E-state index in [0.717, 1.165) is 6.42 Å². The zero-order valence-corrected chi connectivity index (χ0v) is 3.72. The molecule has 1 rings (SSSR count). The van der Waals surface area contributed by atoms with E-state index in [4.69, 9.17) is 5.11 Å². The molecular weight excluding hydrogens is 94.0 g/mol. The Morgan fingerprint density at radius 3 is 2.71 bits per heavy atom. The van der Waals surface area contributed by atoms with Gasteiger partial charge in [-0.2, -0.15) is 0 Å². The predicted molar refractivity (Wildman–Crippen MR) is 23.9 cm³/mol. The molecule has 0 aromatic carbocycles. The summed E-state index contributed by atoms with van der Waals surface area (Å²) in [5, 5.41) is 10.3. The van der Waals surface area contributed by atoms with E-state index in [1.54, 1.807) is 0 Å². The van der Waals surface area contributed by atoms with Gasteiger partial charge in [0, 0.05) is 6.04 Å². The molecule has 2 N–H and O–H groups in total. The summed E-state index contributed by atoms with van der Waals surface area (Å²) in [7, 11) is 0. The molecule has 1 fully saturated rings. The molecule has 0 bridgehead atoms. The summed E-state index contributed by atoms with van der Waals surface area (Å²) in [5.41, 5.74) is 0. The van der Waals surface area contributed by atoms with Gasteiger partial charge in [0.05, 0.1) is 0 Å². The van der Waals surface area contributed by atoms with Crippen LogP contribution < -0.4 is 5.32 Å². The van der Waals surface area contributed by atoms with Crippen molar-refractivity contribution in [3.63, 3.8) is 0 Å². The third-order valence-electron chi connectivity index (χ3n) is 0.780. The van der Waals surface area contributed by atoms with Crippen molar-refractivity contribution in [1.82, 2.24) is 5.32 Å². The summed E-state index contributed by atoms with van der Waals surface area (Å²) in [6.07, 6.45) is 1.86. The Balaban J connectivity index is 2.08. The van der Waals surface area contributed by atoms with Gasteiger partial charge in [-0.15, -0.1) is 0 Å². The molecule has 1 radical (unpaired) electrons. The summed E-state index contributed by atoms with van der Waals surface area (Å²) < 4.78 is 0. The summed E-state index contributed by atoms with van der Waals surface area (Å²) in [6.45, 7) is 0. The van der Waals surface area contributed by atoms with Crippen molar-refractivity contribution in [2.24, 2.45) is 0 Å². The molecule has 1 saturated carbocycles. The van der Waals surface area contributed by atoms with Crippen LogP contribution in [0.15, 0.2) is 0 Å². The lowest BCUT2D eigenvalue weighted by Crippen LogP contribution is -2.22. The van der Waals surface area contributed by atoms with Crippen LogP contribution in [0, 0.1) is 6.42 Å². The maximum atomic E-state index is 9.72. The second-order valence-corrected chi connectivity index (χ2v) is 1.53. The molecule has 7 heavy (non-hydrogen) atoms. The van der Waals surface area contributed by atoms with Gasteiger partial charge in [-0.3, -0.25) is 0 Å². The van der Waals surface area contributed by atoms with Gasteiger partial charge in [0.2, 0.25) is 0 Å². The highest BCUT2D eigenvalue weighted by Crippen LogP contribution is 2.16. The first-order valence-corrected chi connectivity index (χ1v) is 2.12. The third kappa shape index (κ3) is 1.43. The van der Waals surface area contributed by atoms with Crippen LogP contribution in [-0.2, 0) is 0 Å². The number of carboxylic acid groups (broad SMARTS) is 1. The molecule has 3 heteroatoms. The van der Waals surface area contributed by atoms with Crippen LogP contribution in [0.2, 0.25) is 0 Å². The maximum Gasteiger partial charge on any atom is 0.404 e. The zero-order chi connectivity index (χ0) is 5.28. The number of nitrogens with one attached hydrogen (secondary N) is 1. The molecule has 0 heterocycles. The number of rotatable bonds is 1. The smallest absolute Gasteiger partial charge is 0.404 e. The van der Waals surface area contributed by atoms with Crippen LogP contribution in [0.25, 0.3) is 0 Å². The molecule has 1 amide bonds. The Bertz CT molecular complexity index is 87.7. The molecule has 0 saturated heterocycles. The fourth-order valence-corrected chi connectivity index (χ4v) is 0.344. The van der Waals surface area contributed by atoms with Crippen LogP contribution in [-0.4, -0.2) is 17.2 Å². The van der Waals surface area contributed by atoms with E-state index in [1.807, 2.05) is 6.42 Å². The molecular formula is C4H6NO2. The largest absolute Gasteiger partial charge is 0.465 e. The fraction of sp³-hybridized carbons (Fsp3) is 0.500. The monoisotopic (exact) mass is 100 g/mol. The molecule has 0 aliphatic heterocycles. The van der Waals surface area contributed by atoms with Crippen molar-refractivity contribution in [2.45, 2.75) is 12.5 Å². The van der Waals surface area contributed by atoms with Gasteiger partial charge in [-0.1, -0.05) is 0 Å². The van der Waals surface area contributed by atoms with E-state index in [-0.39, 0.29) is 6.04 Å². The number of hydrogen-bond acceptors (Lipinski definition) is 1. The van der Waals surface area contributed by atoms with Crippen LogP contribution in [0.3, 0.4) is 0 Å². The maximum absolute atomic E-state index is 9.72. The van der Waals surface area contributed by atoms with Crippen molar-refractivity contribution < 1.29 is 9.90 Å². The third-order valence-corrected chi connectivity index (χ3v) is 0.780. The Hall–Kier alpha value is -0.730. The average Bonchev–Trinajstić information content (AvgIpc) is 2.17. The lowest BCUT2D eigenvalue weighted by atomic mass is 10.7. The standard InChI is InChI=1S/C4H6NO2/c6-4(7)5-3-1-2-3/h1,3,5H,2H2,(H,6,7). The first kappa shape index (κ1) is 4.43. The van der Waals surface area contributed by atoms with Gasteiger partial charge in [0.25, 0.3) is 0 Å². The van der Waals surface area contributed by atoms with Crippen molar-refractivity contribution in [3.8, 4) is 0 Å². The zero-order valence-electron chi connectivity index (χ0n) is 3.72. The number of carbonyl (C=O) groups is 1. The number of amides is 1. The molecule has 3 nitrogen and oxygen atoms in total. The van der Waals surface area contributed by atoms with Crippen molar-refractivity contribution in [3.05, 3.63) is 6.42 Å². The first-order chi connectivity index (χ1) is 3.29. The van der Waals surface area contributed by atoms with E-state index in [0.29, 0.717) is 0 Å². The lowest BCUT2D eigenvalue weighted by molar-refractivity contribution is 0.194. The molecule has 0 aromatic rings. The Kier molecular flexibility index (Phi) is 0.889. The average molecular weight is 100 g/mol. The van der Waals surface area contributed by atoms with Gasteiger partial charge in [0.15, 0.2) is 0 Å². The Morgan fingerprint density at radius 1 is 2.00 bits per heavy atom. The quantitative estimate of drug-likeness (QED) is 0.495. The molecule has 1 unspecified atom stereocenters. The van der Waals surface area contributed by atoms with E-state index < -0.39 is 6.09 Å². The molecule has 1 atom stereocenters. The molecule has 0 aromatic heterocycles. The van der Waals surface area contributed by atoms with E-state index in [9.17, 15) is 4.79 Å². The van der Waals surface area contributed by atoms with Crippen molar-refractivity contribution >= 4 is 6.09 Å². The highest BCUT2D eigenvalue weighted by Gasteiger charge is 2.22. The Morgan fingerprint density at radius 2 is 2.57 bits per heavy atom. The fourth-order valence-electron chi connectivity index (χ4n) is 0.344. The minimum atomic E-state index is -0.932. The van der Waals surface area contributed by atoms with E-state index in [1.165, 1.54) is 0 Å². The summed E-state index contributed by atoms with van der Waals surface area (Å²) >= 11 is 0. The van der Waals surface area contributed by atoms with Gasteiger partial charge >= 0.3 is 6.09 Å². The normalized spacial score (nSPS) is 18.9. The second-order valence-electron chi connectivity index (χ2n) is 1.53. The van der Waals surface area contributed by atoms with Gasteiger partial charge in [0.1, 0.15) is 0 Å². The van der Waals surface area contributed by atoms with E-state index >= 15 is 0 Å². The van der Waals surface area contributed by atoms with Crippen LogP contribution in [0.4, 0.5) is 4.79 Å². The van der Waals surface area contributed by atoms with E-state index in [2.05, 4.69) is 5.32 Å². The van der Waals surface area contributed by atoms with Gasteiger partial charge < -0.3 is 10.4 Å². The molecule has 39 valence electrons. The number of hydrogen-bond donors (Lipinski definition) is 2. The lowest BCUT2D eigenvalue weighted by Gasteiger charge is -1.89. The molecule has 0 spiro atoms. The predicted octanol–water partition coefficient (Wildman–Crippen LogP) is 0.231. The van der Waals surface area contributed by atoms with Crippen LogP contribution >= 0.6 is 0 Å². The summed E-state index contributed by atoms with van der Waals surface area (Å²) in [6, 6.07) is 0.150.